The van der Waals surface area contributed by atoms with E-state index in [4.69, 9.17) is 21.7 Å². The van der Waals surface area contributed by atoms with E-state index in [1.807, 2.05) is 48.5 Å². The number of fused-ring (bicyclic) bond motifs is 2. The molecule has 3 heterocycles. The summed E-state index contributed by atoms with van der Waals surface area (Å²) in [5.74, 6) is 1.44. The van der Waals surface area contributed by atoms with Gasteiger partial charge >= 0.3 is 0 Å². The number of benzene rings is 2. The van der Waals surface area contributed by atoms with Crippen molar-refractivity contribution < 1.29 is 14.6 Å². The summed E-state index contributed by atoms with van der Waals surface area (Å²) < 4.78 is 12.9. The molecule has 0 spiro atoms. The fraction of sp³-hybridized carbons (Fsp3) is 0.0526. The van der Waals surface area contributed by atoms with Gasteiger partial charge in [0.05, 0.1) is 16.3 Å². The number of aromatic hydroxyl groups is 1. The third kappa shape index (κ3) is 2.36. The predicted octanol–water partition coefficient (Wildman–Crippen LogP) is 4.96. The van der Waals surface area contributed by atoms with Crippen molar-refractivity contribution in [2.24, 2.45) is 4.99 Å². The number of allylic oxidation sites excluding steroid dienone is 1. The van der Waals surface area contributed by atoms with Gasteiger partial charge in [-0.05, 0) is 36.5 Å². The van der Waals surface area contributed by atoms with Crippen LogP contribution in [0.15, 0.2) is 47.5 Å². The van der Waals surface area contributed by atoms with Crippen LogP contribution >= 0.6 is 23.6 Å². The monoisotopic (exact) mass is 380 g/mol. The minimum Gasteiger partial charge on any atom is -0.493 e. The Morgan fingerprint density at radius 2 is 2.00 bits per heavy atom. The van der Waals surface area contributed by atoms with E-state index in [2.05, 4.69) is 4.99 Å². The molecule has 0 fully saturated rings. The normalized spacial score (nSPS) is 15.6. The molecule has 7 heteroatoms. The highest BCUT2D eigenvalue weighted by molar-refractivity contribution is 7.73. The van der Waals surface area contributed by atoms with Crippen molar-refractivity contribution in [3.63, 3.8) is 0 Å². The van der Waals surface area contributed by atoms with E-state index in [1.54, 1.807) is 10.8 Å². The molecule has 5 nitrogen and oxygen atoms in total. The SMILES string of the molecule is Oc1c(/C=C2\C=Nc3ccccc32)sc(=S)n1-c1ccc2c(c1)OCO2. The highest BCUT2D eigenvalue weighted by Gasteiger charge is 2.19. The number of hydrogen-bond acceptors (Lipinski definition) is 6. The summed E-state index contributed by atoms with van der Waals surface area (Å²) in [7, 11) is 0. The van der Waals surface area contributed by atoms with Crippen molar-refractivity contribution in [1.29, 1.82) is 0 Å². The van der Waals surface area contributed by atoms with E-state index in [0.717, 1.165) is 22.5 Å². The van der Waals surface area contributed by atoms with Gasteiger partial charge in [0.15, 0.2) is 15.5 Å². The maximum atomic E-state index is 10.8. The molecule has 3 aromatic rings. The van der Waals surface area contributed by atoms with Crippen molar-refractivity contribution in [3.8, 4) is 23.1 Å². The number of ether oxygens (including phenoxy) is 2. The van der Waals surface area contributed by atoms with Crippen LogP contribution in [0.4, 0.5) is 5.69 Å². The standard InChI is InChI=1S/C19H12N2O3S2/c22-18-17(7-11-9-20-14-4-2-1-3-13(11)14)26-19(25)21(18)12-5-6-15-16(8-12)24-10-23-15/h1-9,22H,10H2/b11-7+. The first kappa shape index (κ1) is 15.4. The van der Waals surface area contributed by atoms with Crippen molar-refractivity contribution >= 4 is 47.1 Å². The first-order valence-electron chi connectivity index (χ1n) is 7.91. The molecule has 2 aromatic carbocycles. The van der Waals surface area contributed by atoms with Crippen molar-refractivity contribution in [2.45, 2.75) is 0 Å². The topological polar surface area (TPSA) is 56.0 Å². The fourth-order valence-corrected chi connectivity index (χ4v) is 4.32. The molecule has 0 saturated heterocycles. The third-order valence-electron chi connectivity index (χ3n) is 4.27. The molecule has 2 aliphatic rings. The second-order valence-corrected chi connectivity index (χ2v) is 7.48. The first-order chi connectivity index (χ1) is 12.7. The third-order valence-corrected chi connectivity index (χ3v) is 5.58. The summed E-state index contributed by atoms with van der Waals surface area (Å²) in [6, 6.07) is 13.4. The molecule has 0 atom stereocenters. The van der Waals surface area contributed by atoms with Gasteiger partial charge in [0.2, 0.25) is 12.7 Å². The molecule has 1 N–H and O–H groups in total. The largest absolute Gasteiger partial charge is 0.493 e. The van der Waals surface area contributed by atoms with Gasteiger partial charge in [-0.25, -0.2) is 0 Å². The minimum atomic E-state index is 0.101. The van der Waals surface area contributed by atoms with Gasteiger partial charge in [0.1, 0.15) is 0 Å². The van der Waals surface area contributed by atoms with Gasteiger partial charge in [0.25, 0.3) is 0 Å². The first-order valence-corrected chi connectivity index (χ1v) is 9.13. The Bertz CT molecular complexity index is 1160. The molecule has 0 aliphatic carbocycles. The van der Waals surface area contributed by atoms with Gasteiger partial charge in [-0.15, -0.1) is 11.3 Å². The van der Waals surface area contributed by atoms with Crippen molar-refractivity contribution in [3.05, 3.63) is 56.9 Å². The van der Waals surface area contributed by atoms with Crippen LogP contribution in [0, 0.1) is 3.95 Å². The number of rotatable bonds is 2. The van der Waals surface area contributed by atoms with Crippen molar-refractivity contribution in [1.82, 2.24) is 4.57 Å². The van der Waals surface area contributed by atoms with Crippen LogP contribution in [0.5, 0.6) is 17.4 Å². The van der Waals surface area contributed by atoms with Crippen LogP contribution in [0.2, 0.25) is 0 Å². The molecular formula is C19H12N2O3S2. The molecule has 0 bridgehead atoms. The lowest BCUT2D eigenvalue weighted by atomic mass is 10.1. The predicted molar refractivity (Wildman–Crippen MR) is 105 cm³/mol. The van der Waals surface area contributed by atoms with Crippen LogP contribution < -0.4 is 9.47 Å². The Hall–Kier alpha value is -2.90. The van der Waals surface area contributed by atoms with Crippen molar-refractivity contribution in [2.75, 3.05) is 6.79 Å². The quantitative estimate of drug-likeness (QED) is 0.639. The maximum Gasteiger partial charge on any atom is 0.231 e. The second-order valence-electron chi connectivity index (χ2n) is 5.80. The Morgan fingerprint density at radius 1 is 1.15 bits per heavy atom. The Balaban J connectivity index is 1.60. The average Bonchev–Trinajstić information content (AvgIpc) is 3.34. The summed E-state index contributed by atoms with van der Waals surface area (Å²) in [4.78, 5) is 5.09. The summed E-state index contributed by atoms with van der Waals surface area (Å²) >= 11 is 6.82. The molecule has 0 radical (unpaired) electrons. The van der Waals surface area contributed by atoms with Crippen LogP contribution in [-0.2, 0) is 0 Å². The Morgan fingerprint density at radius 3 is 2.92 bits per heavy atom. The van der Waals surface area contributed by atoms with Gasteiger partial charge in [-0.3, -0.25) is 9.56 Å². The van der Waals surface area contributed by atoms with Crippen LogP contribution in [-0.4, -0.2) is 22.7 Å². The van der Waals surface area contributed by atoms with Gasteiger partial charge in [-0.2, -0.15) is 0 Å². The summed E-state index contributed by atoms with van der Waals surface area (Å²) in [5, 5.41) is 10.8. The van der Waals surface area contributed by atoms with Gasteiger partial charge < -0.3 is 14.6 Å². The number of hydrogen-bond donors (Lipinski definition) is 1. The molecule has 0 unspecified atom stereocenters. The molecule has 128 valence electrons. The van der Waals surface area contributed by atoms with Gasteiger partial charge in [-0.1, -0.05) is 18.2 Å². The summed E-state index contributed by atoms with van der Waals surface area (Å²) in [6.07, 6.45) is 3.71. The fourth-order valence-electron chi connectivity index (χ4n) is 3.02. The van der Waals surface area contributed by atoms with E-state index < -0.39 is 0 Å². The van der Waals surface area contributed by atoms with Crippen LogP contribution in [0.1, 0.15) is 10.4 Å². The lowest BCUT2D eigenvalue weighted by Crippen LogP contribution is -1.94. The van der Waals surface area contributed by atoms with E-state index in [9.17, 15) is 5.11 Å². The molecule has 26 heavy (non-hydrogen) atoms. The van der Waals surface area contributed by atoms with Crippen LogP contribution in [0.3, 0.4) is 0 Å². The zero-order chi connectivity index (χ0) is 17.7. The summed E-state index contributed by atoms with van der Waals surface area (Å²) in [6.45, 7) is 0.204. The molecule has 5 rings (SSSR count). The minimum absolute atomic E-state index is 0.101. The molecule has 0 amide bonds. The molecule has 2 aliphatic heterocycles. The Kier molecular flexibility index (Phi) is 3.44. The molecule has 0 saturated carbocycles. The number of thiazole rings is 1. The highest BCUT2D eigenvalue weighted by Crippen LogP contribution is 2.39. The summed E-state index contributed by atoms with van der Waals surface area (Å²) in [5.41, 5.74) is 3.65. The molecule has 1 aromatic heterocycles. The second kappa shape index (κ2) is 5.82. The number of nitrogens with zero attached hydrogens (tertiary/aromatic N) is 2. The van der Waals surface area contributed by atoms with E-state index in [-0.39, 0.29) is 12.7 Å². The average molecular weight is 380 g/mol. The van der Waals surface area contributed by atoms with E-state index >= 15 is 0 Å². The van der Waals surface area contributed by atoms with E-state index in [1.165, 1.54) is 11.3 Å². The highest BCUT2D eigenvalue weighted by atomic mass is 32.1. The number of para-hydroxylation sites is 1. The lowest BCUT2D eigenvalue weighted by molar-refractivity contribution is 0.174. The zero-order valence-corrected chi connectivity index (χ0v) is 15.0. The number of aromatic nitrogens is 1. The number of aliphatic imine (C=N–C) groups is 1. The zero-order valence-electron chi connectivity index (χ0n) is 13.4. The lowest BCUT2D eigenvalue weighted by Gasteiger charge is -2.06. The van der Waals surface area contributed by atoms with Gasteiger partial charge in [0, 0.05) is 23.4 Å². The van der Waals surface area contributed by atoms with E-state index in [0.29, 0.717) is 20.3 Å². The maximum absolute atomic E-state index is 10.8. The van der Waals surface area contributed by atoms with Crippen LogP contribution in [0.25, 0.3) is 17.3 Å². The Labute approximate surface area is 158 Å². The molecular weight excluding hydrogens is 368 g/mol. The smallest absolute Gasteiger partial charge is 0.231 e.